The van der Waals surface area contributed by atoms with Crippen LogP contribution >= 0.6 is 11.3 Å². The van der Waals surface area contributed by atoms with Crippen molar-refractivity contribution >= 4 is 28.9 Å². The van der Waals surface area contributed by atoms with Crippen molar-refractivity contribution in [1.29, 1.82) is 0 Å². The minimum atomic E-state index is -0.522. The van der Waals surface area contributed by atoms with E-state index in [9.17, 15) is 4.79 Å². The van der Waals surface area contributed by atoms with Gasteiger partial charge in [-0.3, -0.25) is 5.32 Å². The van der Waals surface area contributed by atoms with E-state index in [1.165, 1.54) is 5.56 Å². The van der Waals surface area contributed by atoms with Gasteiger partial charge in [0.25, 0.3) is 0 Å². The number of thiophene rings is 1. The second-order valence-electron chi connectivity index (χ2n) is 5.54. The van der Waals surface area contributed by atoms with Crippen molar-refractivity contribution in [3.63, 3.8) is 0 Å². The lowest BCUT2D eigenvalue weighted by Gasteiger charge is -2.19. The molecule has 0 aromatic carbocycles. The van der Waals surface area contributed by atoms with E-state index in [0.717, 1.165) is 12.2 Å². The molecule has 0 aliphatic heterocycles. The molecule has 2 rings (SSSR count). The Bertz CT molecular complexity index is 574. The summed E-state index contributed by atoms with van der Waals surface area (Å²) in [4.78, 5) is 15.8. The Labute approximate surface area is 128 Å². The second kappa shape index (κ2) is 6.58. The molecule has 21 heavy (non-hydrogen) atoms. The summed E-state index contributed by atoms with van der Waals surface area (Å²) in [7, 11) is 0. The summed E-state index contributed by atoms with van der Waals surface area (Å²) in [5.41, 5.74) is 1.61. The molecular formula is C15H19N3O2S. The van der Waals surface area contributed by atoms with E-state index in [0.29, 0.717) is 5.82 Å². The molecule has 0 aliphatic rings. The van der Waals surface area contributed by atoms with Gasteiger partial charge in [-0.1, -0.05) is 0 Å². The molecule has 0 saturated carbocycles. The number of carbonyl (C=O) groups excluding carboxylic acids is 1. The molecule has 1 amide bonds. The molecule has 2 aromatic rings. The Morgan fingerprint density at radius 2 is 2.14 bits per heavy atom. The summed E-state index contributed by atoms with van der Waals surface area (Å²) < 4.78 is 5.16. The van der Waals surface area contributed by atoms with E-state index < -0.39 is 11.7 Å². The zero-order valence-electron chi connectivity index (χ0n) is 12.3. The van der Waals surface area contributed by atoms with Gasteiger partial charge in [-0.15, -0.1) is 0 Å². The molecule has 0 radical (unpaired) electrons. The van der Waals surface area contributed by atoms with Crippen molar-refractivity contribution in [2.45, 2.75) is 32.9 Å². The molecule has 0 saturated heterocycles. The normalized spacial score (nSPS) is 11.0. The number of pyridine rings is 1. The molecule has 2 heterocycles. The summed E-state index contributed by atoms with van der Waals surface area (Å²) in [6, 6.07) is 5.68. The lowest BCUT2D eigenvalue weighted by atomic mass is 10.2. The van der Waals surface area contributed by atoms with Crippen molar-refractivity contribution in [2.24, 2.45) is 0 Å². The quantitative estimate of drug-likeness (QED) is 0.892. The van der Waals surface area contributed by atoms with Crippen molar-refractivity contribution < 1.29 is 9.53 Å². The van der Waals surface area contributed by atoms with Gasteiger partial charge in [0.15, 0.2) is 0 Å². The zero-order chi connectivity index (χ0) is 15.3. The highest BCUT2D eigenvalue weighted by Gasteiger charge is 2.16. The Balaban J connectivity index is 1.85. The van der Waals surface area contributed by atoms with Crippen LogP contribution in [0, 0.1) is 0 Å². The average molecular weight is 305 g/mol. The molecule has 0 spiro atoms. The van der Waals surface area contributed by atoms with Gasteiger partial charge in [-0.25, -0.2) is 9.78 Å². The van der Waals surface area contributed by atoms with Gasteiger partial charge in [0.1, 0.15) is 11.4 Å². The minimum Gasteiger partial charge on any atom is -0.444 e. The van der Waals surface area contributed by atoms with Crippen LogP contribution in [0.4, 0.5) is 16.3 Å². The summed E-state index contributed by atoms with van der Waals surface area (Å²) in [6.45, 7) is 6.20. The van der Waals surface area contributed by atoms with Crippen LogP contribution in [0.3, 0.4) is 0 Å². The maximum Gasteiger partial charge on any atom is 0.413 e. The van der Waals surface area contributed by atoms with E-state index in [1.54, 1.807) is 23.6 Å². The number of rotatable bonds is 4. The first kappa shape index (κ1) is 15.3. The number of nitrogens with one attached hydrogen (secondary N) is 2. The molecule has 0 atom stereocenters. The highest BCUT2D eigenvalue weighted by Crippen LogP contribution is 2.14. The zero-order valence-corrected chi connectivity index (χ0v) is 13.2. The number of nitrogens with zero attached hydrogens (tertiary/aromatic N) is 1. The van der Waals surface area contributed by atoms with Gasteiger partial charge in [0, 0.05) is 6.54 Å². The number of amides is 1. The maximum absolute atomic E-state index is 11.6. The molecule has 2 N–H and O–H groups in total. The Kier molecular flexibility index (Phi) is 4.80. The Hall–Kier alpha value is -2.08. The summed E-state index contributed by atoms with van der Waals surface area (Å²) >= 11 is 1.67. The number of hydrogen-bond donors (Lipinski definition) is 2. The van der Waals surface area contributed by atoms with Crippen molar-refractivity contribution in [1.82, 2.24) is 4.98 Å². The minimum absolute atomic E-state index is 0.463. The largest absolute Gasteiger partial charge is 0.444 e. The number of aromatic nitrogens is 1. The van der Waals surface area contributed by atoms with Crippen molar-refractivity contribution in [3.8, 4) is 0 Å². The van der Waals surface area contributed by atoms with Gasteiger partial charge in [-0.05, 0) is 55.3 Å². The summed E-state index contributed by atoms with van der Waals surface area (Å²) in [6.07, 6.45) is 1.17. The van der Waals surface area contributed by atoms with Crippen LogP contribution in [0.5, 0.6) is 0 Å². The first-order chi connectivity index (χ1) is 9.92. The number of ether oxygens (including phenoxy) is 1. The number of anilines is 2. The van der Waals surface area contributed by atoms with E-state index in [1.807, 2.05) is 32.2 Å². The van der Waals surface area contributed by atoms with Gasteiger partial charge >= 0.3 is 6.09 Å². The Morgan fingerprint density at radius 1 is 1.33 bits per heavy atom. The van der Waals surface area contributed by atoms with Crippen LogP contribution in [0.2, 0.25) is 0 Å². The fraction of sp³-hybridized carbons (Fsp3) is 0.333. The van der Waals surface area contributed by atoms with Crippen LogP contribution in [0.25, 0.3) is 0 Å². The smallest absolute Gasteiger partial charge is 0.413 e. The SMILES string of the molecule is CC(C)(C)OC(=O)Nc1ccc(NCc2ccsc2)cn1. The number of hydrogen-bond acceptors (Lipinski definition) is 5. The highest BCUT2D eigenvalue weighted by molar-refractivity contribution is 7.07. The predicted molar refractivity (Wildman–Crippen MR) is 85.7 cm³/mol. The van der Waals surface area contributed by atoms with Crippen molar-refractivity contribution in [3.05, 3.63) is 40.7 Å². The molecule has 0 fully saturated rings. The lowest BCUT2D eigenvalue weighted by molar-refractivity contribution is 0.0635. The van der Waals surface area contributed by atoms with E-state index in [4.69, 9.17) is 4.74 Å². The van der Waals surface area contributed by atoms with E-state index in [-0.39, 0.29) is 0 Å². The van der Waals surface area contributed by atoms with E-state index in [2.05, 4.69) is 27.1 Å². The van der Waals surface area contributed by atoms with Gasteiger partial charge < -0.3 is 10.1 Å². The van der Waals surface area contributed by atoms with Gasteiger partial charge in [0.2, 0.25) is 0 Å². The maximum atomic E-state index is 11.6. The summed E-state index contributed by atoms with van der Waals surface area (Å²) in [5.74, 6) is 0.463. The van der Waals surface area contributed by atoms with Crippen LogP contribution < -0.4 is 10.6 Å². The molecule has 2 aromatic heterocycles. The van der Waals surface area contributed by atoms with Crippen molar-refractivity contribution in [2.75, 3.05) is 10.6 Å². The standard InChI is InChI=1S/C15H19N3O2S/c1-15(2,3)20-14(19)18-13-5-4-12(9-17-13)16-8-11-6-7-21-10-11/h4-7,9-10,16H,8H2,1-3H3,(H,17,18,19). The topological polar surface area (TPSA) is 63.2 Å². The molecule has 0 unspecified atom stereocenters. The molecular weight excluding hydrogens is 286 g/mol. The first-order valence-electron chi connectivity index (χ1n) is 6.63. The van der Waals surface area contributed by atoms with Crippen LogP contribution in [-0.4, -0.2) is 16.7 Å². The van der Waals surface area contributed by atoms with Gasteiger partial charge in [0.05, 0.1) is 11.9 Å². The fourth-order valence-corrected chi connectivity index (χ4v) is 2.25. The van der Waals surface area contributed by atoms with E-state index >= 15 is 0 Å². The fourth-order valence-electron chi connectivity index (χ4n) is 1.58. The van der Waals surface area contributed by atoms with Crippen LogP contribution in [-0.2, 0) is 11.3 Å². The van der Waals surface area contributed by atoms with Crippen LogP contribution in [0.15, 0.2) is 35.2 Å². The summed E-state index contributed by atoms with van der Waals surface area (Å²) in [5, 5.41) is 10.0. The third-order valence-electron chi connectivity index (χ3n) is 2.47. The third kappa shape index (κ3) is 5.43. The molecule has 0 aliphatic carbocycles. The average Bonchev–Trinajstić information content (AvgIpc) is 2.89. The molecule has 112 valence electrons. The molecule has 0 bridgehead atoms. The first-order valence-corrected chi connectivity index (χ1v) is 7.58. The lowest BCUT2D eigenvalue weighted by Crippen LogP contribution is -2.27. The highest BCUT2D eigenvalue weighted by atomic mass is 32.1. The second-order valence-corrected chi connectivity index (χ2v) is 6.32. The molecule has 6 heteroatoms. The predicted octanol–water partition coefficient (Wildman–Crippen LogP) is 4.10. The molecule has 5 nitrogen and oxygen atoms in total. The number of carbonyl (C=O) groups is 1. The third-order valence-corrected chi connectivity index (χ3v) is 3.20. The Morgan fingerprint density at radius 3 is 2.71 bits per heavy atom. The monoisotopic (exact) mass is 305 g/mol. The van der Waals surface area contributed by atoms with Crippen LogP contribution in [0.1, 0.15) is 26.3 Å². The van der Waals surface area contributed by atoms with Gasteiger partial charge in [-0.2, -0.15) is 11.3 Å².